The van der Waals surface area contributed by atoms with Crippen LogP contribution in [0.25, 0.3) is 11.0 Å². The largest absolute Gasteiger partial charge is 0.331 e. The van der Waals surface area contributed by atoms with Crippen molar-refractivity contribution in [3.05, 3.63) is 88.6 Å². The Labute approximate surface area is 197 Å². The number of hydrogen-bond acceptors (Lipinski definition) is 4. The van der Waals surface area contributed by atoms with Gasteiger partial charge < -0.3 is 19.8 Å². The van der Waals surface area contributed by atoms with Gasteiger partial charge in [0.2, 0.25) is 5.91 Å². The molecule has 2 N–H and O–H groups in total. The molecular weight excluding hydrogens is 430 g/mol. The zero-order valence-electron chi connectivity index (χ0n) is 19.2. The van der Waals surface area contributed by atoms with Crippen molar-refractivity contribution in [2.75, 3.05) is 10.6 Å². The third-order valence-electron chi connectivity index (χ3n) is 5.61. The zero-order valence-corrected chi connectivity index (χ0v) is 19.2. The van der Waals surface area contributed by atoms with Gasteiger partial charge in [0.25, 0.3) is 11.5 Å². The summed E-state index contributed by atoms with van der Waals surface area (Å²) in [7, 11) is 1.94. The molecule has 0 saturated carbocycles. The van der Waals surface area contributed by atoms with E-state index in [0.717, 1.165) is 23.3 Å². The molecule has 4 rings (SSSR count). The Morgan fingerprint density at radius 2 is 1.74 bits per heavy atom. The number of imidazole rings is 1. The van der Waals surface area contributed by atoms with Crippen molar-refractivity contribution >= 4 is 34.2 Å². The molecule has 2 amide bonds. The molecule has 0 spiro atoms. The van der Waals surface area contributed by atoms with E-state index in [1.165, 1.54) is 0 Å². The Kier molecular flexibility index (Phi) is 6.87. The summed E-state index contributed by atoms with van der Waals surface area (Å²) >= 11 is 0. The van der Waals surface area contributed by atoms with Gasteiger partial charge in [-0.3, -0.25) is 14.4 Å². The lowest BCUT2D eigenvalue weighted by Crippen LogP contribution is -2.19. The summed E-state index contributed by atoms with van der Waals surface area (Å²) in [6.45, 7) is 2.48. The SMILES string of the molecule is CCCC(=O)Nc1ccc(C(=O)Nc2ccc3c(c2)nc(CCn2ccccc2=O)n3C)cc1. The number of aromatic nitrogens is 3. The first-order chi connectivity index (χ1) is 16.4. The quantitative estimate of drug-likeness (QED) is 0.418. The number of benzene rings is 2. The first kappa shape index (κ1) is 23.0. The highest BCUT2D eigenvalue weighted by molar-refractivity contribution is 6.05. The van der Waals surface area contributed by atoms with E-state index in [2.05, 4.69) is 10.6 Å². The Bertz CT molecular complexity index is 1390. The zero-order chi connectivity index (χ0) is 24.1. The molecule has 2 heterocycles. The average molecular weight is 458 g/mol. The van der Waals surface area contributed by atoms with E-state index in [4.69, 9.17) is 4.98 Å². The average Bonchev–Trinajstić information content (AvgIpc) is 3.14. The summed E-state index contributed by atoms with van der Waals surface area (Å²) in [6.07, 6.45) is 3.62. The molecule has 0 aliphatic carbocycles. The van der Waals surface area contributed by atoms with Crippen LogP contribution in [0.1, 0.15) is 35.9 Å². The molecule has 0 radical (unpaired) electrons. The van der Waals surface area contributed by atoms with Crippen LogP contribution in [0.15, 0.2) is 71.7 Å². The minimum atomic E-state index is -0.245. The minimum Gasteiger partial charge on any atom is -0.331 e. The molecule has 0 aliphatic rings. The van der Waals surface area contributed by atoms with Crippen LogP contribution in [-0.4, -0.2) is 25.9 Å². The van der Waals surface area contributed by atoms with Gasteiger partial charge in [0.15, 0.2) is 0 Å². The fourth-order valence-electron chi connectivity index (χ4n) is 3.78. The van der Waals surface area contributed by atoms with Gasteiger partial charge in [-0.2, -0.15) is 0 Å². The number of rotatable bonds is 8. The second-order valence-electron chi connectivity index (χ2n) is 8.10. The number of carbonyl (C=O) groups is 2. The molecule has 8 nitrogen and oxygen atoms in total. The van der Waals surface area contributed by atoms with Crippen LogP contribution in [0.2, 0.25) is 0 Å². The Morgan fingerprint density at radius 3 is 2.47 bits per heavy atom. The van der Waals surface area contributed by atoms with Crippen molar-refractivity contribution in [1.29, 1.82) is 0 Å². The Hall–Kier alpha value is -4.20. The van der Waals surface area contributed by atoms with E-state index < -0.39 is 0 Å². The smallest absolute Gasteiger partial charge is 0.255 e. The molecule has 0 aliphatic heterocycles. The van der Waals surface area contributed by atoms with E-state index in [1.807, 2.05) is 42.8 Å². The number of hydrogen-bond donors (Lipinski definition) is 2. The molecule has 4 aromatic rings. The Balaban J connectivity index is 1.44. The normalized spacial score (nSPS) is 10.9. The lowest BCUT2D eigenvalue weighted by Gasteiger charge is -2.08. The fraction of sp³-hybridized carbons (Fsp3) is 0.231. The van der Waals surface area contributed by atoms with Crippen LogP contribution in [-0.2, 0) is 24.8 Å². The van der Waals surface area contributed by atoms with Gasteiger partial charge in [-0.1, -0.05) is 13.0 Å². The minimum absolute atomic E-state index is 0.0392. The fourth-order valence-corrected chi connectivity index (χ4v) is 3.78. The van der Waals surface area contributed by atoms with Crippen molar-refractivity contribution in [2.45, 2.75) is 32.7 Å². The number of anilines is 2. The van der Waals surface area contributed by atoms with Crippen LogP contribution in [0, 0.1) is 0 Å². The summed E-state index contributed by atoms with van der Waals surface area (Å²) in [5, 5.41) is 5.71. The van der Waals surface area contributed by atoms with Crippen molar-refractivity contribution in [3.63, 3.8) is 0 Å². The molecule has 0 atom stereocenters. The van der Waals surface area contributed by atoms with Gasteiger partial charge in [0, 0.05) is 55.6 Å². The molecule has 8 heteroatoms. The van der Waals surface area contributed by atoms with Crippen LogP contribution in [0.4, 0.5) is 11.4 Å². The topological polar surface area (TPSA) is 98.0 Å². The monoisotopic (exact) mass is 457 g/mol. The summed E-state index contributed by atoms with van der Waals surface area (Å²) in [5.41, 5.74) is 3.47. The third-order valence-corrected chi connectivity index (χ3v) is 5.61. The maximum atomic E-state index is 12.7. The first-order valence-electron chi connectivity index (χ1n) is 11.3. The summed E-state index contributed by atoms with van der Waals surface area (Å²) in [6, 6.07) is 17.5. The first-order valence-corrected chi connectivity index (χ1v) is 11.3. The number of aryl methyl sites for hydroxylation is 3. The van der Waals surface area contributed by atoms with Crippen molar-refractivity contribution in [3.8, 4) is 0 Å². The van der Waals surface area contributed by atoms with Crippen molar-refractivity contribution < 1.29 is 9.59 Å². The van der Waals surface area contributed by atoms with E-state index in [0.29, 0.717) is 36.3 Å². The van der Waals surface area contributed by atoms with E-state index in [-0.39, 0.29) is 17.4 Å². The third kappa shape index (κ3) is 5.23. The second-order valence-corrected chi connectivity index (χ2v) is 8.10. The second kappa shape index (κ2) is 10.2. The number of fused-ring (bicyclic) bond motifs is 1. The van der Waals surface area contributed by atoms with Crippen molar-refractivity contribution in [1.82, 2.24) is 14.1 Å². The highest BCUT2D eigenvalue weighted by Gasteiger charge is 2.11. The molecule has 0 unspecified atom stereocenters. The summed E-state index contributed by atoms with van der Waals surface area (Å²) < 4.78 is 3.66. The lowest BCUT2D eigenvalue weighted by atomic mass is 10.1. The molecule has 2 aromatic heterocycles. The summed E-state index contributed by atoms with van der Waals surface area (Å²) in [4.78, 5) is 41.1. The van der Waals surface area contributed by atoms with Gasteiger partial charge >= 0.3 is 0 Å². The number of pyridine rings is 1. The predicted molar refractivity (Wildman–Crippen MR) is 133 cm³/mol. The predicted octanol–water partition coefficient (Wildman–Crippen LogP) is 3.97. The van der Waals surface area contributed by atoms with Gasteiger partial charge in [0.1, 0.15) is 5.82 Å². The summed E-state index contributed by atoms with van der Waals surface area (Å²) in [5.74, 6) is 0.568. The van der Waals surface area contributed by atoms with Crippen LogP contribution in [0.5, 0.6) is 0 Å². The van der Waals surface area contributed by atoms with Gasteiger partial charge in [0.05, 0.1) is 11.0 Å². The number of carbonyl (C=O) groups excluding carboxylic acids is 2. The van der Waals surface area contributed by atoms with Gasteiger partial charge in [-0.25, -0.2) is 4.98 Å². The molecule has 0 fully saturated rings. The standard InChI is InChI=1S/C26H27N5O3/c1-3-6-24(32)27-19-10-8-18(9-11-19)26(34)28-20-12-13-22-21(17-20)29-23(30(22)2)14-16-31-15-5-4-7-25(31)33/h4-5,7-13,15,17H,3,6,14,16H2,1-2H3,(H,27,32)(H,28,34). The highest BCUT2D eigenvalue weighted by atomic mass is 16.2. The molecular formula is C26H27N5O3. The number of nitrogens with zero attached hydrogens (tertiary/aromatic N) is 3. The van der Waals surface area contributed by atoms with Crippen LogP contribution in [0.3, 0.4) is 0 Å². The van der Waals surface area contributed by atoms with Crippen LogP contribution >= 0.6 is 0 Å². The van der Waals surface area contributed by atoms with E-state index in [9.17, 15) is 14.4 Å². The number of nitrogens with one attached hydrogen (secondary N) is 2. The molecule has 2 aromatic carbocycles. The maximum absolute atomic E-state index is 12.7. The number of amides is 2. The van der Waals surface area contributed by atoms with E-state index in [1.54, 1.807) is 47.2 Å². The van der Waals surface area contributed by atoms with Gasteiger partial charge in [-0.15, -0.1) is 0 Å². The molecule has 174 valence electrons. The maximum Gasteiger partial charge on any atom is 0.255 e. The van der Waals surface area contributed by atoms with Gasteiger partial charge in [-0.05, 0) is 55.0 Å². The molecule has 0 saturated heterocycles. The Morgan fingerprint density at radius 1 is 0.971 bits per heavy atom. The highest BCUT2D eigenvalue weighted by Crippen LogP contribution is 2.21. The molecule has 0 bridgehead atoms. The molecule has 34 heavy (non-hydrogen) atoms. The van der Waals surface area contributed by atoms with Crippen molar-refractivity contribution in [2.24, 2.45) is 7.05 Å². The van der Waals surface area contributed by atoms with Crippen LogP contribution < -0.4 is 16.2 Å². The van der Waals surface area contributed by atoms with E-state index >= 15 is 0 Å². The lowest BCUT2D eigenvalue weighted by molar-refractivity contribution is -0.116.